The monoisotopic (exact) mass is 312 g/mol. The summed E-state index contributed by atoms with van der Waals surface area (Å²) >= 11 is 0. The Morgan fingerprint density at radius 2 is 1.91 bits per heavy atom. The molecule has 1 atom stereocenters. The standard InChI is InChI=1S/C18H20N2O3/c1-10-6-13(19)4-5-14(10)18(23)20-16-7-15-11(8-21)2-3-12(9-22)17(15)16/h2-6,16,21-22H,7-9,19H2,1H3,(H,20,23). The van der Waals surface area contributed by atoms with Crippen molar-refractivity contribution in [1.82, 2.24) is 5.32 Å². The minimum atomic E-state index is -0.156. The van der Waals surface area contributed by atoms with Gasteiger partial charge in [0.2, 0.25) is 0 Å². The molecule has 5 nitrogen and oxygen atoms in total. The average Bonchev–Trinajstić information content (AvgIpc) is 2.51. The molecule has 5 heteroatoms. The molecule has 0 saturated heterocycles. The lowest BCUT2D eigenvalue weighted by Crippen LogP contribution is -2.37. The Labute approximate surface area is 134 Å². The Kier molecular flexibility index (Phi) is 4.07. The van der Waals surface area contributed by atoms with Crippen LogP contribution < -0.4 is 11.1 Å². The number of nitrogens with two attached hydrogens (primary N) is 1. The zero-order chi connectivity index (χ0) is 16.6. The number of carbonyl (C=O) groups excluding carboxylic acids is 1. The van der Waals surface area contributed by atoms with Gasteiger partial charge in [-0.1, -0.05) is 12.1 Å². The van der Waals surface area contributed by atoms with E-state index in [1.165, 1.54) is 0 Å². The first-order chi connectivity index (χ1) is 11.0. The Morgan fingerprint density at radius 1 is 1.22 bits per heavy atom. The molecule has 1 aliphatic rings. The molecule has 1 amide bonds. The van der Waals surface area contributed by atoms with Gasteiger partial charge in [0.05, 0.1) is 19.3 Å². The molecule has 0 saturated carbocycles. The lowest BCUT2D eigenvalue weighted by atomic mass is 9.77. The van der Waals surface area contributed by atoms with E-state index in [0.717, 1.165) is 27.8 Å². The summed E-state index contributed by atoms with van der Waals surface area (Å²) in [5, 5.41) is 21.9. The van der Waals surface area contributed by atoms with Gasteiger partial charge in [0.25, 0.3) is 5.91 Å². The summed E-state index contributed by atoms with van der Waals surface area (Å²) in [4.78, 5) is 12.5. The summed E-state index contributed by atoms with van der Waals surface area (Å²) in [6.45, 7) is 1.73. The highest BCUT2D eigenvalue weighted by molar-refractivity contribution is 5.96. The largest absolute Gasteiger partial charge is 0.399 e. The quantitative estimate of drug-likeness (QED) is 0.645. The van der Waals surface area contributed by atoms with Gasteiger partial charge >= 0.3 is 0 Å². The minimum absolute atomic E-state index is 0.0359. The molecular formula is C18H20N2O3. The van der Waals surface area contributed by atoms with E-state index in [9.17, 15) is 15.0 Å². The van der Waals surface area contributed by atoms with Gasteiger partial charge in [-0.05, 0) is 59.4 Å². The second kappa shape index (κ2) is 6.02. The van der Waals surface area contributed by atoms with E-state index < -0.39 is 0 Å². The highest BCUT2D eigenvalue weighted by atomic mass is 16.3. The van der Waals surface area contributed by atoms with E-state index in [4.69, 9.17) is 5.73 Å². The van der Waals surface area contributed by atoms with Crippen LogP contribution in [0.2, 0.25) is 0 Å². The van der Waals surface area contributed by atoms with Gasteiger partial charge in [-0.3, -0.25) is 4.79 Å². The van der Waals surface area contributed by atoms with Crippen LogP contribution in [0, 0.1) is 6.92 Å². The second-order valence-corrected chi connectivity index (χ2v) is 5.90. The number of anilines is 1. The van der Waals surface area contributed by atoms with Crippen molar-refractivity contribution in [3.63, 3.8) is 0 Å². The van der Waals surface area contributed by atoms with Gasteiger partial charge in [-0.2, -0.15) is 0 Å². The molecule has 0 radical (unpaired) electrons. The fourth-order valence-electron chi connectivity index (χ4n) is 3.20. The highest BCUT2D eigenvalue weighted by Gasteiger charge is 2.32. The van der Waals surface area contributed by atoms with E-state index in [2.05, 4.69) is 5.32 Å². The Bertz CT molecular complexity index is 771. The number of rotatable bonds is 4. The van der Waals surface area contributed by atoms with Crippen molar-refractivity contribution < 1.29 is 15.0 Å². The predicted molar refractivity (Wildman–Crippen MR) is 87.8 cm³/mol. The Balaban J connectivity index is 1.84. The molecule has 23 heavy (non-hydrogen) atoms. The van der Waals surface area contributed by atoms with E-state index in [0.29, 0.717) is 17.7 Å². The summed E-state index contributed by atoms with van der Waals surface area (Å²) in [6.07, 6.45) is 0.666. The van der Waals surface area contributed by atoms with Crippen molar-refractivity contribution in [1.29, 1.82) is 0 Å². The molecule has 3 rings (SSSR count). The van der Waals surface area contributed by atoms with Crippen molar-refractivity contribution in [3.05, 3.63) is 63.7 Å². The molecule has 0 aliphatic heterocycles. The Hall–Kier alpha value is -2.37. The predicted octanol–water partition coefficient (Wildman–Crippen LogP) is 1.59. The molecule has 1 unspecified atom stereocenters. The molecule has 0 bridgehead atoms. The zero-order valence-corrected chi connectivity index (χ0v) is 13.0. The lowest BCUT2D eigenvalue weighted by Gasteiger charge is -2.35. The van der Waals surface area contributed by atoms with Crippen molar-refractivity contribution >= 4 is 11.6 Å². The van der Waals surface area contributed by atoms with Crippen LogP contribution in [0.15, 0.2) is 30.3 Å². The summed E-state index contributed by atoms with van der Waals surface area (Å²) in [7, 11) is 0. The molecule has 0 heterocycles. The van der Waals surface area contributed by atoms with Crippen LogP contribution in [0.1, 0.15) is 44.2 Å². The molecule has 5 N–H and O–H groups in total. The van der Waals surface area contributed by atoms with Crippen LogP contribution in [0.4, 0.5) is 5.69 Å². The van der Waals surface area contributed by atoms with Gasteiger partial charge in [-0.25, -0.2) is 0 Å². The van der Waals surface area contributed by atoms with Crippen LogP contribution in [0.25, 0.3) is 0 Å². The number of nitrogens with one attached hydrogen (secondary N) is 1. The number of amides is 1. The van der Waals surface area contributed by atoms with E-state index in [-0.39, 0.29) is 25.2 Å². The molecule has 0 fully saturated rings. The fraction of sp³-hybridized carbons (Fsp3) is 0.278. The first-order valence-electron chi connectivity index (χ1n) is 7.57. The van der Waals surface area contributed by atoms with Gasteiger partial charge in [0.15, 0.2) is 0 Å². The van der Waals surface area contributed by atoms with Crippen molar-refractivity contribution in [2.24, 2.45) is 0 Å². The average molecular weight is 312 g/mol. The maximum atomic E-state index is 12.5. The summed E-state index contributed by atoms with van der Waals surface area (Å²) in [6, 6.07) is 8.69. The van der Waals surface area contributed by atoms with Crippen LogP contribution in [0.3, 0.4) is 0 Å². The number of hydrogen-bond acceptors (Lipinski definition) is 4. The summed E-state index contributed by atoms with van der Waals surface area (Å²) in [5.41, 5.74) is 11.4. The maximum absolute atomic E-state index is 12.5. The van der Waals surface area contributed by atoms with Gasteiger partial charge in [0, 0.05) is 11.3 Å². The second-order valence-electron chi connectivity index (χ2n) is 5.90. The van der Waals surface area contributed by atoms with E-state index in [1.807, 2.05) is 13.0 Å². The number of hydrogen-bond donors (Lipinski definition) is 4. The lowest BCUT2D eigenvalue weighted by molar-refractivity contribution is 0.0930. The first-order valence-corrected chi connectivity index (χ1v) is 7.57. The third-order valence-corrected chi connectivity index (χ3v) is 4.44. The minimum Gasteiger partial charge on any atom is -0.399 e. The normalized spacial score (nSPS) is 15.7. The molecule has 2 aromatic rings. The number of carbonyl (C=O) groups is 1. The molecule has 0 aromatic heterocycles. The van der Waals surface area contributed by atoms with Gasteiger partial charge in [0.1, 0.15) is 0 Å². The molecular weight excluding hydrogens is 292 g/mol. The number of benzene rings is 2. The number of nitrogen functional groups attached to an aromatic ring is 1. The zero-order valence-electron chi connectivity index (χ0n) is 13.0. The van der Waals surface area contributed by atoms with Crippen molar-refractivity contribution in [2.45, 2.75) is 32.6 Å². The smallest absolute Gasteiger partial charge is 0.252 e. The van der Waals surface area contributed by atoms with E-state index >= 15 is 0 Å². The Morgan fingerprint density at radius 3 is 2.57 bits per heavy atom. The number of aliphatic hydroxyl groups excluding tert-OH is 2. The van der Waals surface area contributed by atoms with Crippen molar-refractivity contribution in [3.8, 4) is 0 Å². The van der Waals surface area contributed by atoms with Crippen LogP contribution in [-0.2, 0) is 19.6 Å². The van der Waals surface area contributed by atoms with Crippen molar-refractivity contribution in [2.75, 3.05) is 5.73 Å². The summed E-state index contributed by atoms with van der Waals surface area (Å²) < 4.78 is 0. The van der Waals surface area contributed by atoms with Gasteiger partial charge < -0.3 is 21.3 Å². The molecule has 2 aromatic carbocycles. The third kappa shape index (κ3) is 2.69. The molecule has 1 aliphatic carbocycles. The van der Waals surface area contributed by atoms with Crippen LogP contribution in [-0.4, -0.2) is 16.1 Å². The number of fused-ring (bicyclic) bond motifs is 1. The highest BCUT2D eigenvalue weighted by Crippen LogP contribution is 2.38. The van der Waals surface area contributed by atoms with E-state index in [1.54, 1.807) is 24.3 Å². The molecule has 120 valence electrons. The maximum Gasteiger partial charge on any atom is 0.252 e. The molecule has 0 spiro atoms. The van der Waals surface area contributed by atoms with Crippen LogP contribution in [0.5, 0.6) is 0 Å². The fourth-order valence-corrected chi connectivity index (χ4v) is 3.20. The summed E-state index contributed by atoms with van der Waals surface area (Å²) in [5.74, 6) is -0.156. The first kappa shape index (κ1) is 15.5. The number of aryl methyl sites for hydroxylation is 1. The number of aliphatic hydroxyl groups is 2. The van der Waals surface area contributed by atoms with Crippen LogP contribution >= 0.6 is 0 Å². The third-order valence-electron chi connectivity index (χ3n) is 4.44. The SMILES string of the molecule is Cc1cc(N)ccc1C(=O)NC1Cc2c(CO)ccc(CO)c21. The van der Waals surface area contributed by atoms with Gasteiger partial charge in [-0.15, -0.1) is 0 Å². The topological polar surface area (TPSA) is 95.6 Å².